The number of amides is 3. The molecule has 0 aliphatic carbocycles. The number of aromatic nitrogens is 1. The number of nitrogens with one attached hydrogen (secondary N) is 4. The van der Waals surface area contributed by atoms with E-state index in [9.17, 15) is 19.5 Å². The lowest BCUT2D eigenvalue weighted by Crippen LogP contribution is -2.51. The van der Waals surface area contributed by atoms with Gasteiger partial charge in [-0.1, -0.05) is 17.9 Å². The van der Waals surface area contributed by atoms with E-state index < -0.39 is 24.0 Å². The zero-order chi connectivity index (χ0) is 26.6. The predicted octanol–water partition coefficient (Wildman–Crippen LogP) is 1.19. The minimum atomic E-state index is -1.30. The highest BCUT2D eigenvalue weighted by Gasteiger charge is 2.25. The molecule has 190 valence electrons. The number of aliphatic hydroxyl groups excluding tert-OH is 1. The van der Waals surface area contributed by atoms with Crippen LogP contribution in [0.3, 0.4) is 0 Å². The van der Waals surface area contributed by atoms with Gasteiger partial charge >= 0.3 is 0 Å². The number of rotatable bonds is 9. The average molecular weight is 502 g/mol. The van der Waals surface area contributed by atoms with Crippen molar-refractivity contribution in [2.75, 3.05) is 11.9 Å². The molecule has 0 unspecified atom stereocenters. The second kappa shape index (κ2) is 13.5. The van der Waals surface area contributed by atoms with Gasteiger partial charge in [-0.05, 0) is 67.1 Å². The normalized spacial score (nSPS) is 11.9. The van der Waals surface area contributed by atoms with Gasteiger partial charge in [0.2, 0.25) is 5.91 Å². The highest BCUT2D eigenvalue weighted by Crippen LogP contribution is 2.10. The summed E-state index contributed by atoms with van der Waals surface area (Å²) in [5.41, 5.74) is 4.72. The second-order valence-electron chi connectivity index (χ2n) is 8.09. The Bertz CT molecular complexity index is 1270. The Labute approximate surface area is 214 Å². The van der Waals surface area contributed by atoms with Crippen LogP contribution in [0.15, 0.2) is 73.1 Å². The van der Waals surface area contributed by atoms with Crippen LogP contribution < -0.4 is 21.4 Å². The molecule has 3 aromatic rings. The highest BCUT2D eigenvalue weighted by atomic mass is 16.5. The fraction of sp³-hybridized carbons (Fsp3) is 0.185. The first kappa shape index (κ1) is 27.0. The van der Waals surface area contributed by atoms with Crippen molar-refractivity contribution in [1.82, 2.24) is 21.1 Å². The van der Waals surface area contributed by atoms with E-state index in [4.69, 9.17) is 5.21 Å². The molecule has 2 aromatic carbocycles. The van der Waals surface area contributed by atoms with Crippen LogP contribution in [-0.2, 0) is 16.1 Å². The summed E-state index contributed by atoms with van der Waals surface area (Å²) in [7, 11) is 0. The molecular formula is C27H27N5O5. The van der Waals surface area contributed by atoms with Crippen LogP contribution in [0.1, 0.15) is 34.0 Å². The van der Waals surface area contributed by atoms with Gasteiger partial charge in [-0.3, -0.25) is 24.6 Å². The van der Waals surface area contributed by atoms with Gasteiger partial charge < -0.3 is 21.1 Å². The van der Waals surface area contributed by atoms with Crippen LogP contribution in [0.2, 0.25) is 0 Å². The Morgan fingerprint density at radius 2 is 1.62 bits per heavy atom. The number of carbonyl (C=O) groups excluding carboxylic acids is 3. The van der Waals surface area contributed by atoms with Crippen molar-refractivity contribution in [2.45, 2.75) is 25.6 Å². The Morgan fingerprint density at radius 1 is 0.973 bits per heavy atom. The fourth-order valence-electron chi connectivity index (χ4n) is 3.21. The van der Waals surface area contributed by atoms with Gasteiger partial charge in [-0.2, -0.15) is 0 Å². The van der Waals surface area contributed by atoms with E-state index in [0.29, 0.717) is 17.8 Å². The van der Waals surface area contributed by atoms with Crippen molar-refractivity contribution in [1.29, 1.82) is 0 Å². The van der Waals surface area contributed by atoms with Crippen molar-refractivity contribution in [2.24, 2.45) is 0 Å². The molecule has 37 heavy (non-hydrogen) atoms. The summed E-state index contributed by atoms with van der Waals surface area (Å²) in [6, 6.07) is 15.9. The molecule has 2 atom stereocenters. The van der Waals surface area contributed by atoms with E-state index in [1.807, 2.05) is 12.1 Å². The molecule has 0 radical (unpaired) electrons. The summed E-state index contributed by atoms with van der Waals surface area (Å²) in [5, 5.41) is 26.6. The first-order valence-electron chi connectivity index (χ1n) is 11.4. The Balaban J connectivity index is 1.51. The number of pyridine rings is 1. The molecule has 0 aliphatic heterocycles. The molecule has 0 saturated carbocycles. The molecule has 0 saturated heterocycles. The summed E-state index contributed by atoms with van der Waals surface area (Å²) >= 11 is 0. The first-order valence-corrected chi connectivity index (χ1v) is 11.4. The maximum Gasteiger partial charge on any atom is 0.268 e. The third-order valence-electron chi connectivity index (χ3n) is 5.17. The van der Waals surface area contributed by atoms with Crippen molar-refractivity contribution in [3.05, 3.63) is 95.3 Å². The minimum absolute atomic E-state index is 0.163. The van der Waals surface area contributed by atoms with E-state index in [1.54, 1.807) is 48.8 Å². The number of hydrogen-bond acceptors (Lipinski definition) is 7. The standard InChI is InChI=1S/C27H27N5O5/c1-18(33)25(27(36)32-37)31-26(35)22-10-6-19(7-11-22)4-5-20-8-12-23(13-9-20)30-24(34)17-29-16-21-3-2-14-28-15-21/h2-3,6-15,18,25,29,33,37H,16-17H2,1H3,(H,30,34)(H,31,35)(H,32,36)/t18-,25+/m1/s1. The van der Waals surface area contributed by atoms with Gasteiger partial charge in [0.05, 0.1) is 12.6 Å². The quantitative estimate of drug-likeness (QED) is 0.146. The molecule has 0 bridgehead atoms. The molecule has 0 fully saturated rings. The van der Waals surface area contributed by atoms with Crippen LogP contribution in [0.4, 0.5) is 5.69 Å². The third-order valence-corrected chi connectivity index (χ3v) is 5.17. The monoisotopic (exact) mass is 501 g/mol. The third kappa shape index (κ3) is 8.55. The summed E-state index contributed by atoms with van der Waals surface area (Å²) in [5.74, 6) is 4.34. The second-order valence-corrected chi connectivity index (χ2v) is 8.09. The van der Waals surface area contributed by atoms with Gasteiger partial charge in [0.15, 0.2) is 0 Å². The van der Waals surface area contributed by atoms with Crippen molar-refractivity contribution >= 4 is 23.4 Å². The van der Waals surface area contributed by atoms with Gasteiger partial charge in [0.1, 0.15) is 6.04 Å². The molecule has 1 aromatic heterocycles. The number of benzene rings is 2. The fourth-order valence-corrected chi connectivity index (χ4v) is 3.21. The van der Waals surface area contributed by atoms with Crippen molar-refractivity contribution in [3.8, 4) is 11.8 Å². The number of hydrogen-bond donors (Lipinski definition) is 6. The van der Waals surface area contributed by atoms with Gasteiger partial charge in [0, 0.05) is 41.3 Å². The molecule has 3 rings (SSSR count). The molecule has 3 amide bonds. The Kier molecular flexibility index (Phi) is 9.87. The zero-order valence-electron chi connectivity index (χ0n) is 20.1. The number of carbonyl (C=O) groups is 3. The number of hydroxylamine groups is 1. The number of aliphatic hydroxyl groups is 1. The van der Waals surface area contributed by atoms with Crippen LogP contribution in [-0.4, -0.2) is 51.7 Å². The van der Waals surface area contributed by atoms with Crippen LogP contribution in [0.25, 0.3) is 0 Å². The average Bonchev–Trinajstić information content (AvgIpc) is 2.91. The molecule has 10 heteroatoms. The molecule has 0 aliphatic rings. The number of nitrogens with zero attached hydrogens (tertiary/aromatic N) is 1. The highest BCUT2D eigenvalue weighted by molar-refractivity contribution is 5.97. The van der Waals surface area contributed by atoms with Crippen LogP contribution >= 0.6 is 0 Å². The van der Waals surface area contributed by atoms with E-state index in [1.165, 1.54) is 24.5 Å². The lowest BCUT2D eigenvalue weighted by atomic mass is 10.1. The Hall–Kier alpha value is -4.56. The van der Waals surface area contributed by atoms with Crippen LogP contribution in [0.5, 0.6) is 0 Å². The maximum absolute atomic E-state index is 12.3. The number of anilines is 1. The van der Waals surface area contributed by atoms with Gasteiger partial charge in [0.25, 0.3) is 11.8 Å². The first-order chi connectivity index (χ1) is 17.9. The van der Waals surface area contributed by atoms with Crippen molar-refractivity contribution < 1.29 is 24.7 Å². The molecule has 0 spiro atoms. The Morgan fingerprint density at radius 3 is 2.19 bits per heavy atom. The van der Waals surface area contributed by atoms with Crippen molar-refractivity contribution in [3.63, 3.8) is 0 Å². The van der Waals surface area contributed by atoms with E-state index in [0.717, 1.165) is 11.1 Å². The molecule has 6 N–H and O–H groups in total. The smallest absolute Gasteiger partial charge is 0.268 e. The molecule has 1 heterocycles. The largest absolute Gasteiger partial charge is 0.391 e. The van der Waals surface area contributed by atoms with E-state index in [2.05, 4.69) is 32.8 Å². The summed E-state index contributed by atoms with van der Waals surface area (Å²) in [4.78, 5) is 40.1. The summed E-state index contributed by atoms with van der Waals surface area (Å²) < 4.78 is 0. The minimum Gasteiger partial charge on any atom is -0.391 e. The molecular weight excluding hydrogens is 474 g/mol. The van der Waals surface area contributed by atoms with E-state index in [-0.39, 0.29) is 18.0 Å². The predicted molar refractivity (Wildman–Crippen MR) is 136 cm³/mol. The maximum atomic E-state index is 12.3. The zero-order valence-corrected chi connectivity index (χ0v) is 20.1. The summed E-state index contributed by atoms with van der Waals surface area (Å²) in [6.07, 6.45) is 2.24. The summed E-state index contributed by atoms with van der Waals surface area (Å²) in [6.45, 7) is 2.03. The lowest BCUT2D eigenvalue weighted by molar-refractivity contribution is -0.133. The SMILES string of the molecule is C[C@@H](O)[C@H](NC(=O)c1ccc(C#Cc2ccc(NC(=O)CNCc3cccnc3)cc2)cc1)C(=O)NO. The van der Waals surface area contributed by atoms with Gasteiger partial charge in [-0.25, -0.2) is 5.48 Å². The van der Waals surface area contributed by atoms with E-state index >= 15 is 0 Å². The molecule has 10 nitrogen and oxygen atoms in total. The van der Waals surface area contributed by atoms with Crippen LogP contribution in [0, 0.1) is 11.8 Å². The van der Waals surface area contributed by atoms with Gasteiger partial charge in [-0.15, -0.1) is 0 Å². The topological polar surface area (TPSA) is 153 Å². The lowest BCUT2D eigenvalue weighted by Gasteiger charge is -2.19.